The molecule has 1 aliphatic heterocycles. The predicted molar refractivity (Wildman–Crippen MR) is 147 cm³/mol. The molecule has 218 valence electrons. The molecule has 1 aromatic heterocycles. The Labute approximate surface area is 236 Å². The van der Waals surface area contributed by atoms with Crippen molar-refractivity contribution in [2.75, 3.05) is 45.7 Å². The number of hydrogen-bond donors (Lipinski definition) is 2. The van der Waals surface area contributed by atoms with Gasteiger partial charge in [-0.25, -0.2) is 23.0 Å². The Hall–Kier alpha value is -3.88. The van der Waals surface area contributed by atoms with Gasteiger partial charge >= 0.3 is 0 Å². The summed E-state index contributed by atoms with van der Waals surface area (Å²) in [7, 11) is 5.14. The zero-order chi connectivity index (χ0) is 29.7. The lowest BCUT2D eigenvalue weighted by Gasteiger charge is -2.40. The monoisotopic (exact) mass is 572 g/mol. The minimum absolute atomic E-state index is 0.0213. The third kappa shape index (κ3) is 6.55. The van der Waals surface area contributed by atoms with E-state index in [1.807, 2.05) is 4.90 Å². The molecule has 0 radical (unpaired) electrons. The fraction of sp³-hybridized carbons (Fsp3) is 0.400. The number of hydrogen-bond acceptors (Lipinski definition) is 6. The molecule has 0 unspecified atom stereocenters. The number of carbonyl (C=O) groups is 1. The van der Waals surface area contributed by atoms with Crippen LogP contribution in [0.25, 0.3) is 10.9 Å². The number of amides is 1. The first-order valence-electron chi connectivity index (χ1n) is 13.2. The Bertz CT molecular complexity index is 1460. The molecule has 7 nitrogen and oxygen atoms in total. The zero-order valence-corrected chi connectivity index (χ0v) is 23.1. The number of pyridine rings is 1. The summed E-state index contributed by atoms with van der Waals surface area (Å²) in [6, 6.07) is 6.41. The summed E-state index contributed by atoms with van der Waals surface area (Å²) < 4.78 is 62.3. The minimum atomic E-state index is -1.43. The summed E-state index contributed by atoms with van der Waals surface area (Å²) in [5.41, 5.74) is 1.91. The van der Waals surface area contributed by atoms with Gasteiger partial charge in [-0.3, -0.25) is 19.9 Å². The van der Waals surface area contributed by atoms with Gasteiger partial charge < -0.3 is 9.64 Å². The molecule has 0 spiro atoms. The van der Waals surface area contributed by atoms with E-state index in [0.717, 1.165) is 0 Å². The molecular weight excluding hydrogens is 540 g/mol. The summed E-state index contributed by atoms with van der Waals surface area (Å²) in [6.07, 6.45) is 1.02. The smallest absolute Gasteiger partial charge is 0.249 e. The average molecular weight is 573 g/mol. The molecule has 1 amide bonds. The largest absolute Gasteiger partial charge is 0.497 e. The van der Waals surface area contributed by atoms with Crippen LogP contribution in [0, 0.1) is 34.7 Å². The molecule has 3 aromatic rings. The summed E-state index contributed by atoms with van der Waals surface area (Å²) in [6.45, 7) is 0.952. The van der Waals surface area contributed by atoms with Crippen molar-refractivity contribution in [3.8, 4) is 17.6 Å². The normalized spacial score (nSPS) is 15.6. The first-order valence-corrected chi connectivity index (χ1v) is 13.2. The maximum atomic E-state index is 16.1. The molecule has 1 fully saturated rings. The van der Waals surface area contributed by atoms with E-state index in [0.29, 0.717) is 66.0 Å². The third-order valence-corrected chi connectivity index (χ3v) is 7.69. The third-order valence-electron chi connectivity index (χ3n) is 7.69. The van der Waals surface area contributed by atoms with Crippen LogP contribution in [-0.4, -0.2) is 61.8 Å². The lowest BCUT2D eigenvalue weighted by molar-refractivity contribution is -0.143. The number of nitrogens with zero attached hydrogens (tertiary/aromatic N) is 3. The molecule has 1 saturated heterocycles. The van der Waals surface area contributed by atoms with Gasteiger partial charge in [0.05, 0.1) is 42.0 Å². The van der Waals surface area contributed by atoms with E-state index in [4.69, 9.17) is 4.74 Å². The highest BCUT2D eigenvalue weighted by atomic mass is 19.1. The van der Waals surface area contributed by atoms with Gasteiger partial charge in [0, 0.05) is 50.3 Å². The van der Waals surface area contributed by atoms with Crippen molar-refractivity contribution < 1.29 is 32.3 Å². The van der Waals surface area contributed by atoms with E-state index in [-0.39, 0.29) is 19.4 Å². The van der Waals surface area contributed by atoms with E-state index in [1.54, 1.807) is 48.9 Å². The van der Waals surface area contributed by atoms with Crippen LogP contribution in [0.4, 0.5) is 23.2 Å². The van der Waals surface area contributed by atoms with E-state index in [9.17, 15) is 23.2 Å². The van der Waals surface area contributed by atoms with Gasteiger partial charge in [-0.2, -0.15) is 0 Å². The SMILES string of the molecule is COc1ccc2ncc(N(C)C)c([C@H](F)CCC3(C(=O)NO)CCN(CC#Cc4c(F)cc(F)cc4F)CC3)c2c1. The van der Waals surface area contributed by atoms with Crippen LogP contribution in [0.15, 0.2) is 36.5 Å². The number of hydroxylamine groups is 1. The topological polar surface area (TPSA) is 77.9 Å². The van der Waals surface area contributed by atoms with Gasteiger partial charge in [0.2, 0.25) is 5.91 Å². The lowest BCUT2D eigenvalue weighted by Crippen LogP contribution is -2.48. The lowest BCUT2D eigenvalue weighted by atomic mass is 9.73. The number of halogens is 4. The second-order valence-corrected chi connectivity index (χ2v) is 10.4. The molecule has 11 heteroatoms. The highest BCUT2D eigenvalue weighted by molar-refractivity contribution is 5.88. The molecule has 1 atom stereocenters. The number of benzene rings is 2. The number of rotatable bonds is 8. The Morgan fingerprint density at radius 3 is 2.49 bits per heavy atom. The Morgan fingerprint density at radius 2 is 1.88 bits per heavy atom. The number of ether oxygens (including phenoxy) is 1. The van der Waals surface area contributed by atoms with Gasteiger partial charge in [-0.1, -0.05) is 11.8 Å². The molecule has 0 bridgehead atoms. The van der Waals surface area contributed by atoms with Crippen LogP contribution in [0.1, 0.15) is 43.0 Å². The molecule has 41 heavy (non-hydrogen) atoms. The molecule has 4 rings (SSSR count). The Kier molecular flexibility index (Phi) is 9.35. The highest BCUT2D eigenvalue weighted by Gasteiger charge is 2.41. The second-order valence-electron chi connectivity index (χ2n) is 10.4. The molecule has 2 N–H and O–H groups in total. The number of methoxy groups -OCH3 is 1. The average Bonchev–Trinajstić information content (AvgIpc) is 2.96. The van der Waals surface area contributed by atoms with E-state index in [1.165, 1.54) is 7.11 Å². The van der Waals surface area contributed by atoms with Gasteiger partial charge in [0.25, 0.3) is 0 Å². The van der Waals surface area contributed by atoms with E-state index < -0.39 is 40.5 Å². The predicted octanol–water partition coefficient (Wildman–Crippen LogP) is 5.16. The quantitative estimate of drug-likeness (QED) is 0.168. The van der Waals surface area contributed by atoms with Crippen molar-refractivity contribution in [3.63, 3.8) is 0 Å². The number of piperidine rings is 1. The second kappa shape index (κ2) is 12.7. The fourth-order valence-electron chi connectivity index (χ4n) is 5.29. The number of aromatic nitrogens is 1. The Morgan fingerprint density at radius 1 is 1.20 bits per heavy atom. The number of alkyl halides is 1. The highest BCUT2D eigenvalue weighted by Crippen LogP contribution is 2.43. The van der Waals surface area contributed by atoms with Gasteiger partial charge in [-0.05, 0) is 43.9 Å². The first-order chi connectivity index (χ1) is 19.6. The van der Waals surface area contributed by atoms with Crippen LogP contribution in [-0.2, 0) is 4.79 Å². The maximum absolute atomic E-state index is 16.1. The van der Waals surface area contributed by atoms with Crippen molar-refractivity contribution in [1.29, 1.82) is 0 Å². The standard InChI is InChI=1S/C30H32F4N4O3/c1-37(2)27-18-35-26-7-6-20(41-3)17-22(26)28(27)23(32)8-9-30(29(39)36-40)10-13-38(14-11-30)12-4-5-21-24(33)15-19(31)16-25(21)34/h6-7,15-18,23,40H,8-14H2,1-3H3,(H,36,39)/t23-/m1/s1. The number of fused-ring (bicyclic) bond motifs is 1. The zero-order valence-electron chi connectivity index (χ0n) is 23.1. The van der Waals surface area contributed by atoms with Gasteiger partial charge in [-0.15, -0.1) is 0 Å². The first kappa shape index (κ1) is 30.1. The van der Waals surface area contributed by atoms with E-state index >= 15 is 4.39 Å². The number of anilines is 1. The van der Waals surface area contributed by atoms with Gasteiger partial charge in [0.15, 0.2) is 0 Å². The van der Waals surface area contributed by atoms with Crippen molar-refractivity contribution >= 4 is 22.5 Å². The number of nitrogens with one attached hydrogen (secondary N) is 1. The van der Waals surface area contributed by atoms with Crippen molar-refractivity contribution in [1.82, 2.24) is 15.4 Å². The van der Waals surface area contributed by atoms with Crippen molar-refractivity contribution in [2.24, 2.45) is 5.41 Å². The maximum Gasteiger partial charge on any atom is 0.249 e. The van der Waals surface area contributed by atoms with E-state index in [2.05, 4.69) is 16.8 Å². The molecular formula is C30H32F4N4O3. The van der Waals surface area contributed by atoms with Crippen LogP contribution in [0.3, 0.4) is 0 Å². The van der Waals surface area contributed by atoms with Gasteiger partial charge in [0.1, 0.15) is 29.4 Å². The summed E-state index contributed by atoms with van der Waals surface area (Å²) in [4.78, 5) is 21.0. The molecule has 0 aliphatic carbocycles. The molecule has 2 aromatic carbocycles. The van der Waals surface area contributed by atoms with Crippen molar-refractivity contribution in [3.05, 3.63) is 65.1 Å². The molecule has 2 heterocycles. The van der Waals surface area contributed by atoms with Crippen LogP contribution < -0.4 is 15.1 Å². The van der Waals surface area contributed by atoms with Crippen molar-refractivity contribution in [2.45, 2.75) is 31.9 Å². The number of likely N-dealkylation sites (tertiary alicyclic amines) is 1. The Balaban J connectivity index is 1.49. The minimum Gasteiger partial charge on any atom is -0.497 e. The van der Waals surface area contributed by atoms with Crippen LogP contribution >= 0.6 is 0 Å². The van der Waals surface area contributed by atoms with Crippen LogP contribution in [0.5, 0.6) is 5.75 Å². The summed E-state index contributed by atoms with van der Waals surface area (Å²) in [5.74, 6) is 1.92. The fourth-order valence-corrected chi connectivity index (χ4v) is 5.29. The summed E-state index contributed by atoms with van der Waals surface area (Å²) >= 11 is 0. The van der Waals surface area contributed by atoms with Crippen LogP contribution in [0.2, 0.25) is 0 Å². The molecule has 0 saturated carbocycles. The number of carbonyl (C=O) groups excluding carboxylic acids is 1. The summed E-state index contributed by atoms with van der Waals surface area (Å²) in [5, 5.41) is 10.1. The molecule has 1 aliphatic rings.